The van der Waals surface area contributed by atoms with Crippen molar-refractivity contribution in [1.29, 1.82) is 0 Å². The number of carbonyl (C=O) groups excluding carboxylic acids is 1. The fraction of sp³-hybridized carbons (Fsp3) is 0.400. The van der Waals surface area contributed by atoms with Gasteiger partial charge >= 0.3 is 6.09 Å². The summed E-state index contributed by atoms with van der Waals surface area (Å²) in [5.41, 5.74) is 0.457. The van der Waals surface area contributed by atoms with Crippen LogP contribution in [-0.2, 0) is 4.74 Å². The monoisotopic (exact) mass is 355 g/mol. The van der Waals surface area contributed by atoms with E-state index in [1.165, 1.54) is 0 Å². The van der Waals surface area contributed by atoms with Crippen LogP contribution < -0.4 is 14.8 Å². The SMILES string of the molecule is CC(C)(C)OC(=O)NCC=Cc1cc2c(cc1Br)OCO2. The summed E-state index contributed by atoms with van der Waals surface area (Å²) in [6.07, 6.45) is 3.30. The van der Waals surface area contributed by atoms with Gasteiger partial charge in [0.05, 0.1) is 0 Å². The zero-order chi connectivity index (χ0) is 15.5. The highest BCUT2D eigenvalue weighted by Crippen LogP contribution is 2.37. The Morgan fingerprint density at radius 1 is 1.38 bits per heavy atom. The Kier molecular flexibility index (Phi) is 4.77. The molecule has 0 aromatic heterocycles. The Morgan fingerprint density at radius 2 is 2.05 bits per heavy atom. The zero-order valence-electron chi connectivity index (χ0n) is 12.2. The molecule has 0 saturated carbocycles. The number of hydrogen-bond acceptors (Lipinski definition) is 4. The average molecular weight is 356 g/mol. The topological polar surface area (TPSA) is 56.8 Å². The van der Waals surface area contributed by atoms with Gasteiger partial charge in [-0.05, 0) is 38.5 Å². The maximum Gasteiger partial charge on any atom is 0.407 e. The predicted molar refractivity (Wildman–Crippen MR) is 83.5 cm³/mol. The summed E-state index contributed by atoms with van der Waals surface area (Å²) in [7, 11) is 0. The largest absolute Gasteiger partial charge is 0.454 e. The van der Waals surface area contributed by atoms with Gasteiger partial charge in [-0.2, -0.15) is 0 Å². The van der Waals surface area contributed by atoms with Crippen molar-refractivity contribution >= 4 is 28.1 Å². The Hall–Kier alpha value is -1.69. The van der Waals surface area contributed by atoms with Crippen LogP contribution in [0.2, 0.25) is 0 Å². The van der Waals surface area contributed by atoms with Crippen LogP contribution in [0, 0.1) is 0 Å². The lowest BCUT2D eigenvalue weighted by molar-refractivity contribution is 0.0534. The zero-order valence-corrected chi connectivity index (χ0v) is 13.8. The van der Waals surface area contributed by atoms with E-state index < -0.39 is 11.7 Å². The second kappa shape index (κ2) is 6.39. The molecule has 0 atom stereocenters. The van der Waals surface area contributed by atoms with Gasteiger partial charge in [0.2, 0.25) is 6.79 Å². The van der Waals surface area contributed by atoms with Crippen molar-refractivity contribution in [3.05, 3.63) is 28.2 Å². The van der Waals surface area contributed by atoms with Crippen molar-refractivity contribution in [3.8, 4) is 11.5 Å². The number of ether oxygens (including phenoxy) is 3. The molecule has 6 heteroatoms. The third-order valence-corrected chi connectivity index (χ3v) is 3.24. The van der Waals surface area contributed by atoms with Crippen molar-refractivity contribution in [2.45, 2.75) is 26.4 Å². The van der Waals surface area contributed by atoms with Crippen LogP contribution in [0.25, 0.3) is 6.08 Å². The van der Waals surface area contributed by atoms with Gasteiger partial charge in [0.1, 0.15) is 5.60 Å². The molecule has 0 unspecified atom stereocenters. The molecule has 1 aliphatic rings. The van der Waals surface area contributed by atoms with Crippen molar-refractivity contribution in [1.82, 2.24) is 5.32 Å². The van der Waals surface area contributed by atoms with Crippen LogP contribution in [0.4, 0.5) is 4.79 Å². The van der Waals surface area contributed by atoms with E-state index in [-0.39, 0.29) is 6.79 Å². The van der Waals surface area contributed by atoms with E-state index in [0.29, 0.717) is 6.54 Å². The molecule has 0 spiro atoms. The smallest absolute Gasteiger partial charge is 0.407 e. The summed E-state index contributed by atoms with van der Waals surface area (Å²) in [6.45, 7) is 6.11. The predicted octanol–water partition coefficient (Wildman–Crippen LogP) is 3.72. The molecule has 114 valence electrons. The van der Waals surface area contributed by atoms with E-state index in [2.05, 4.69) is 21.2 Å². The molecular formula is C15H18BrNO4. The van der Waals surface area contributed by atoms with Gasteiger partial charge in [-0.15, -0.1) is 0 Å². The maximum absolute atomic E-state index is 11.5. The highest BCUT2D eigenvalue weighted by Gasteiger charge is 2.16. The van der Waals surface area contributed by atoms with Crippen LogP contribution in [0.5, 0.6) is 11.5 Å². The molecule has 0 bridgehead atoms. The van der Waals surface area contributed by atoms with Crippen molar-refractivity contribution in [2.24, 2.45) is 0 Å². The Balaban J connectivity index is 1.89. The molecule has 1 N–H and O–H groups in total. The molecule has 1 aromatic carbocycles. The lowest BCUT2D eigenvalue weighted by Crippen LogP contribution is -2.32. The number of rotatable bonds is 3. The fourth-order valence-corrected chi connectivity index (χ4v) is 2.16. The van der Waals surface area contributed by atoms with E-state index in [1.807, 2.05) is 45.1 Å². The van der Waals surface area contributed by atoms with E-state index in [9.17, 15) is 4.79 Å². The highest BCUT2D eigenvalue weighted by atomic mass is 79.9. The van der Waals surface area contributed by atoms with Crippen molar-refractivity contribution < 1.29 is 19.0 Å². The maximum atomic E-state index is 11.5. The van der Waals surface area contributed by atoms with Crippen LogP contribution in [0.3, 0.4) is 0 Å². The van der Waals surface area contributed by atoms with Gasteiger partial charge in [-0.1, -0.05) is 28.1 Å². The first-order valence-electron chi connectivity index (χ1n) is 6.58. The van der Waals surface area contributed by atoms with Gasteiger partial charge in [0.15, 0.2) is 11.5 Å². The molecule has 0 radical (unpaired) electrons. The number of hydrogen-bond donors (Lipinski definition) is 1. The highest BCUT2D eigenvalue weighted by molar-refractivity contribution is 9.10. The molecule has 1 aromatic rings. The standard InChI is InChI=1S/C15H18BrNO4/c1-15(2,3)21-14(18)17-6-4-5-10-7-12-13(8-11(10)16)20-9-19-12/h4-5,7-8H,6,9H2,1-3H3,(H,17,18). The van der Waals surface area contributed by atoms with E-state index in [0.717, 1.165) is 21.5 Å². The molecular weight excluding hydrogens is 338 g/mol. The summed E-state index contributed by atoms with van der Waals surface area (Å²) in [5.74, 6) is 1.45. The number of halogens is 1. The summed E-state index contributed by atoms with van der Waals surface area (Å²) < 4.78 is 16.7. The Morgan fingerprint density at radius 3 is 2.71 bits per heavy atom. The summed E-state index contributed by atoms with van der Waals surface area (Å²) in [4.78, 5) is 11.5. The second-order valence-electron chi connectivity index (χ2n) is 5.51. The number of alkyl carbamates (subject to hydrolysis) is 1. The van der Waals surface area contributed by atoms with Gasteiger partial charge in [-0.3, -0.25) is 0 Å². The number of nitrogens with one attached hydrogen (secondary N) is 1. The third-order valence-electron chi connectivity index (χ3n) is 2.55. The number of amides is 1. The number of fused-ring (bicyclic) bond motifs is 1. The van der Waals surface area contributed by atoms with Crippen LogP contribution >= 0.6 is 15.9 Å². The lowest BCUT2D eigenvalue weighted by atomic mass is 10.2. The molecule has 1 aliphatic heterocycles. The molecule has 5 nitrogen and oxygen atoms in total. The van der Waals surface area contributed by atoms with Crippen LogP contribution in [0.1, 0.15) is 26.3 Å². The molecule has 0 fully saturated rings. The van der Waals surface area contributed by atoms with Crippen LogP contribution in [0.15, 0.2) is 22.7 Å². The summed E-state index contributed by atoms with van der Waals surface area (Å²) >= 11 is 3.47. The van der Waals surface area contributed by atoms with Gasteiger partial charge in [0, 0.05) is 11.0 Å². The van der Waals surface area contributed by atoms with Crippen molar-refractivity contribution in [3.63, 3.8) is 0 Å². The minimum Gasteiger partial charge on any atom is -0.454 e. The molecule has 0 saturated heterocycles. The lowest BCUT2D eigenvalue weighted by Gasteiger charge is -2.19. The normalized spacial score (nSPS) is 13.5. The first kappa shape index (κ1) is 15.7. The van der Waals surface area contributed by atoms with Gasteiger partial charge in [-0.25, -0.2) is 4.79 Å². The second-order valence-corrected chi connectivity index (χ2v) is 6.37. The first-order valence-corrected chi connectivity index (χ1v) is 7.37. The molecule has 0 aliphatic carbocycles. The Bertz CT molecular complexity index is 564. The van der Waals surface area contributed by atoms with E-state index >= 15 is 0 Å². The molecule has 1 heterocycles. The molecule has 21 heavy (non-hydrogen) atoms. The number of benzene rings is 1. The van der Waals surface area contributed by atoms with Gasteiger partial charge < -0.3 is 19.5 Å². The minimum absolute atomic E-state index is 0.245. The average Bonchev–Trinajstić information content (AvgIpc) is 2.79. The van der Waals surface area contributed by atoms with Gasteiger partial charge in [0.25, 0.3) is 0 Å². The third kappa shape index (κ3) is 4.67. The molecule has 2 rings (SSSR count). The number of carbonyl (C=O) groups is 1. The fourth-order valence-electron chi connectivity index (χ4n) is 1.70. The summed E-state index contributed by atoms with van der Waals surface area (Å²) in [5, 5.41) is 2.66. The van der Waals surface area contributed by atoms with E-state index in [1.54, 1.807) is 0 Å². The Labute approximate surface area is 132 Å². The molecule has 1 amide bonds. The van der Waals surface area contributed by atoms with E-state index in [4.69, 9.17) is 14.2 Å². The van der Waals surface area contributed by atoms with Crippen LogP contribution in [-0.4, -0.2) is 25.0 Å². The first-order chi connectivity index (χ1) is 9.85. The minimum atomic E-state index is -0.492. The quantitative estimate of drug-likeness (QED) is 0.897. The summed E-state index contributed by atoms with van der Waals surface area (Å²) in [6, 6.07) is 3.75. The van der Waals surface area contributed by atoms with Crippen molar-refractivity contribution in [2.75, 3.05) is 13.3 Å².